The van der Waals surface area contributed by atoms with E-state index < -0.39 is 12.8 Å². The summed E-state index contributed by atoms with van der Waals surface area (Å²) in [5, 5.41) is 2.85. The highest BCUT2D eigenvalue weighted by Crippen LogP contribution is 2.33. The van der Waals surface area contributed by atoms with Crippen LogP contribution in [0.5, 0.6) is 5.75 Å². The van der Waals surface area contributed by atoms with E-state index in [1.807, 2.05) is 24.3 Å². The molecule has 0 saturated heterocycles. The van der Waals surface area contributed by atoms with E-state index in [9.17, 15) is 18.0 Å². The lowest BCUT2D eigenvalue weighted by Gasteiger charge is -2.12. The van der Waals surface area contributed by atoms with Crippen LogP contribution in [0.1, 0.15) is 22.6 Å². The number of alkyl halides is 3. The first-order valence-electron chi connectivity index (χ1n) is 8.14. The highest BCUT2D eigenvalue weighted by atomic mass is 19.4. The van der Waals surface area contributed by atoms with Gasteiger partial charge in [-0.25, -0.2) is 0 Å². The van der Waals surface area contributed by atoms with E-state index in [1.54, 1.807) is 24.3 Å². The Balaban J connectivity index is 1.53. The first-order valence-corrected chi connectivity index (χ1v) is 8.14. The molecule has 1 amide bonds. The molecule has 0 spiro atoms. The van der Waals surface area contributed by atoms with Gasteiger partial charge in [-0.1, -0.05) is 42.5 Å². The average Bonchev–Trinajstić information content (AvgIpc) is 3.03. The minimum atomic E-state index is -4.34. The molecular weight excluding hydrogens is 347 g/mol. The number of halogens is 3. The average molecular weight is 365 g/mol. The second-order valence-electron chi connectivity index (χ2n) is 6.05. The molecule has 0 radical (unpaired) electrons. The van der Waals surface area contributed by atoms with Crippen molar-refractivity contribution in [1.29, 1.82) is 0 Å². The van der Waals surface area contributed by atoms with Crippen molar-refractivity contribution in [1.82, 2.24) is 5.32 Å². The van der Waals surface area contributed by atoms with Crippen molar-refractivity contribution < 1.29 is 27.4 Å². The molecule has 0 aromatic heterocycles. The van der Waals surface area contributed by atoms with Crippen LogP contribution in [0, 0.1) is 0 Å². The molecule has 26 heavy (non-hydrogen) atoms. The molecular formula is C19H18F3NO3. The summed E-state index contributed by atoms with van der Waals surface area (Å²) in [6.07, 6.45) is -4.34. The maximum absolute atomic E-state index is 12.4. The van der Waals surface area contributed by atoms with Crippen LogP contribution in [-0.4, -0.2) is 25.3 Å². The highest BCUT2D eigenvalue weighted by molar-refractivity contribution is 5.85. The number of hydrogen-bond donors (Lipinski definition) is 1. The van der Waals surface area contributed by atoms with Gasteiger partial charge in [0.25, 0.3) is 0 Å². The summed E-state index contributed by atoms with van der Waals surface area (Å²) >= 11 is 0. The maximum Gasteiger partial charge on any atom is 0.411 e. The number of amides is 1. The summed E-state index contributed by atoms with van der Waals surface area (Å²) < 4.78 is 46.5. The van der Waals surface area contributed by atoms with E-state index in [0.29, 0.717) is 12.2 Å². The molecule has 1 unspecified atom stereocenters. The van der Waals surface area contributed by atoms with E-state index in [1.165, 1.54) is 0 Å². The molecule has 0 fully saturated rings. The quantitative estimate of drug-likeness (QED) is 0.852. The lowest BCUT2D eigenvalue weighted by atomic mass is 10.0. The number of hydrogen-bond acceptors (Lipinski definition) is 3. The Bertz CT molecular complexity index is 777. The van der Waals surface area contributed by atoms with Gasteiger partial charge in [0.15, 0.2) is 0 Å². The zero-order chi connectivity index (χ0) is 18.6. The molecule has 1 atom stereocenters. The maximum atomic E-state index is 12.4. The molecule has 0 bridgehead atoms. The molecule has 2 aromatic carbocycles. The van der Waals surface area contributed by atoms with Gasteiger partial charge in [-0.15, -0.1) is 0 Å². The van der Waals surface area contributed by atoms with Crippen LogP contribution in [0.25, 0.3) is 0 Å². The summed E-state index contributed by atoms with van der Waals surface area (Å²) in [6.45, 7) is -0.832. The zero-order valence-corrected chi connectivity index (χ0v) is 13.9. The number of ether oxygens (including phenoxy) is 2. The molecule has 1 N–H and O–H groups in total. The van der Waals surface area contributed by atoms with Crippen molar-refractivity contribution in [3.05, 3.63) is 65.2 Å². The number of carbonyl (C=O) groups is 1. The molecule has 1 heterocycles. The number of rotatable bonds is 6. The van der Waals surface area contributed by atoms with Crippen molar-refractivity contribution in [3.63, 3.8) is 0 Å². The molecule has 1 aliphatic rings. The van der Waals surface area contributed by atoms with E-state index in [0.717, 1.165) is 16.9 Å². The normalized spacial score (nSPS) is 16.0. The monoisotopic (exact) mass is 365 g/mol. The number of fused-ring (bicyclic) bond motifs is 1. The molecule has 0 aliphatic carbocycles. The summed E-state index contributed by atoms with van der Waals surface area (Å²) in [6, 6.07) is 14.3. The summed E-state index contributed by atoms with van der Waals surface area (Å²) in [7, 11) is 0. The summed E-state index contributed by atoms with van der Waals surface area (Å²) in [5.74, 6) is 0.217. The summed E-state index contributed by atoms with van der Waals surface area (Å²) in [5.41, 5.74) is 2.27. The number of benzene rings is 2. The minimum absolute atomic E-state index is 0.134. The van der Waals surface area contributed by atoms with Gasteiger partial charge in [-0.3, -0.25) is 4.79 Å². The Morgan fingerprint density at radius 3 is 2.73 bits per heavy atom. The third kappa shape index (κ3) is 4.76. The van der Waals surface area contributed by atoms with E-state index in [2.05, 4.69) is 10.1 Å². The second-order valence-corrected chi connectivity index (χ2v) is 6.05. The van der Waals surface area contributed by atoms with Crippen molar-refractivity contribution in [2.45, 2.75) is 25.2 Å². The fraction of sp³-hybridized carbons (Fsp3) is 0.316. The van der Waals surface area contributed by atoms with Gasteiger partial charge in [-0.05, 0) is 17.2 Å². The van der Waals surface area contributed by atoms with Crippen LogP contribution < -0.4 is 10.1 Å². The van der Waals surface area contributed by atoms with Gasteiger partial charge in [0, 0.05) is 12.1 Å². The Kier molecular flexibility index (Phi) is 5.46. The van der Waals surface area contributed by atoms with E-state index in [-0.39, 0.29) is 25.0 Å². The molecule has 4 nitrogen and oxygen atoms in total. The largest absolute Gasteiger partial charge is 0.492 e. The van der Waals surface area contributed by atoms with Crippen molar-refractivity contribution in [3.8, 4) is 5.75 Å². The molecule has 138 valence electrons. The minimum Gasteiger partial charge on any atom is -0.492 e. The standard InChI is InChI=1S/C19H18F3NO3/c20-19(21,22)12-25-10-14-5-3-4-13(8-14)9-23-18(24)16-11-26-17-7-2-1-6-15(16)17/h1-8,16H,9-12H2,(H,23,24). The van der Waals surface area contributed by atoms with Gasteiger partial charge in [0.2, 0.25) is 5.91 Å². The molecule has 7 heteroatoms. The van der Waals surface area contributed by atoms with Gasteiger partial charge in [-0.2, -0.15) is 13.2 Å². The van der Waals surface area contributed by atoms with Crippen LogP contribution in [-0.2, 0) is 22.7 Å². The second kappa shape index (κ2) is 7.78. The molecule has 0 saturated carbocycles. The first kappa shape index (κ1) is 18.3. The smallest absolute Gasteiger partial charge is 0.411 e. The van der Waals surface area contributed by atoms with Crippen LogP contribution in [0.2, 0.25) is 0 Å². The topological polar surface area (TPSA) is 47.6 Å². The fourth-order valence-corrected chi connectivity index (χ4v) is 2.81. The van der Waals surface area contributed by atoms with Crippen LogP contribution in [0.4, 0.5) is 13.2 Å². The Hall–Kier alpha value is -2.54. The molecule has 3 rings (SSSR count). The van der Waals surface area contributed by atoms with Crippen LogP contribution in [0.15, 0.2) is 48.5 Å². The Labute approximate surface area is 148 Å². The van der Waals surface area contributed by atoms with Gasteiger partial charge < -0.3 is 14.8 Å². The third-order valence-electron chi connectivity index (χ3n) is 4.01. The predicted octanol–water partition coefficient (Wildman–Crippen LogP) is 3.56. The third-order valence-corrected chi connectivity index (χ3v) is 4.01. The molecule has 2 aromatic rings. The first-order chi connectivity index (χ1) is 12.4. The predicted molar refractivity (Wildman–Crippen MR) is 88.7 cm³/mol. The lowest BCUT2D eigenvalue weighted by molar-refractivity contribution is -0.176. The van der Waals surface area contributed by atoms with E-state index >= 15 is 0 Å². The van der Waals surface area contributed by atoms with Crippen molar-refractivity contribution >= 4 is 5.91 Å². The lowest BCUT2D eigenvalue weighted by Crippen LogP contribution is -2.29. The Morgan fingerprint density at radius 2 is 1.92 bits per heavy atom. The van der Waals surface area contributed by atoms with Gasteiger partial charge in [0.05, 0.1) is 6.61 Å². The number of carbonyl (C=O) groups excluding carboxylic acids is 1. The Morgan fingerprint density at radius 1 is 1.15 bits per heavy atom. The van der Waals surface area contributed by atoms with E-state index in [4.69, 9.17) is 4.74 Å². The van der Waals surface area contributed by atoms with Gasteiger partial charge in [0.1, 0.15) is 24.9 Å². The zero-order valence-electron chi connectivity index (χ0n) is 13.9. The SMILES string of the molecule is O=C(NCc1cccc(COCC(F)(F)F)c1)C1COc2ccccc21. The van der Waals surface area contributed by atoms with Crippen molar-refractivity contribution in [2.24, 2.45) is 0 Å². The van der Waals surface area contributed by atoms with Crippen LogP contribution >= 0.6 is 0 Å². The number of nitrogens with one attached hydrogen (secondary N) is 1. The van der Waals surface area contributed by atoms with Gasteiger partial charge >= 0.3 is 6.18 Å². The highest BCUT2D eigenvalue weighted by Gasteiger charge is 2.30. The summed E-state index contributed by atoms with van der Waals surface area (Å²) in [4.78, 5) is 12.4. The number of para-hydroxylation sites is 1. The van der Waals surface area contributed by atoms with Crippen molar-refractivity contribution in [2.75, 3.05) is 13.2 Å². The molecule has 1 aliphatic heterocycles. The van der Waals surface area contributed by atoms with Crippen LogP contribution in [0.3, 0.4) is 0 Å². The fourth-order valence-electron chi connectivity index (χ4n) is 2.81.